The number of hydrogen-bond acceptors (Lipinski definition) is 6. The maximum atomic E-state index is 13.4. The van der Waals surface area contributed by atoms with E-state index in [1.165, 1.54) is 18.2 Å². The first kappa shape index (κ1) is 23.1. The van der Waals surface area contributed by atoms with Crippen LogP contribution in [0.4, 0.5) is 20.2 Å². The Morgan fingerprint density at radius 3 is 2.60 bits per heavy atom. The van der Waals surface area contributed by atoms with Gasteiger partial charge < -0.3 is 24.4 Å². The average molecular weight is 486 g/mol. The van der Waals surface area contributed by atoms with Gasteiger partial charge in [0.05, 0.1) is 11.8 Å². The van der Waals surface area contributed by atoms with Gasteiger partial charge in [-0.3, -0.25) is 14.4 Å². The van der Waals surface area contributed by atoms with Crippen molar-refractivity contribution < 1.29 is 37.4 Å². The molecule has 2 aromatic carbocycles. The molecule has 3 aliphatic rings. The third kappa shape index (κ3) is 4.78. The molecule has 0 spiro atoms. The second-order valence-electron chi connectivity index (χ2n) is 8.85. The quantitative estimate of drug-likeness (QED) is 0.645. The van der Waals surface area contributed by atoms with Gasteiger partial charge in [-0.25, -0.2) is 0 Å². The Morgan fingerprint density at radius 2 is 1.77 bits per heavy atom. The highest BCUT2D eigenvalue weighted by Crippen LogP contribution is 2.42. The summed E-state index contributed by atoms with van der Waals surface area (Å²) in [5, 5.41) is 2.48. The molecule has 184 valence electrons. The number of nitrogens with zero attached hydrogens (tertiary/aromatic N) is 1. The molecule has 10 heteroatoms. The molecule has 1 fully saturated rings. The van der Waals surface area contributed by atoms with E-state index >= 15 is 0 Å². The molecule has 8 nitrogen and oxygen atoms in total. The van der Waals surface area contributed by atoms with Crippen LogP contribution in [0.2, 0.25) is 0 Å². The van der Waals surface area contributed by atoms with Crippen molar-refractivity contribution in [2.45, 2.75) is 38.4 Å². The smallest absolute Gasteiger partial charge is 0.455 e. The van der Waals surface area contributed by atoms with Crippen LogP contribution in [0.3, 0.4) is 0 Å². The molecule has 0 saturated heterocycles. The van der Waals surface area contributed by atoms with Gasteiger partial charge in [0.15, 0.2) is 18.1 Å². The first-order valence-electron chi connectivity index (χ1n) is 11.6. The van der Waals surface area contributed by atoms with Crippen molar-refractivity contribution in [1.29, 1.82) is 0 Å². The fourth-order valence-electron chi connectivity index (χ4n) is 4.94. The van der Waals surface area contributed by atoms with E-state index in [9.17, 15) is 23.2 Å². The van der Waals surface area contributed by atoms with E-state index in [1.54, 1.807) is 4.90 Å². The lowest BCUT2D eigenvalue weighted by molar-refractivity contribution is -0.286. The maximum Gasteiger partial charge on any atom is 0.586 e. The number of carbonyl (C=O) groups is 3. The van der Waals surface area contributed by atoms with Crippen LogP contribution >= 0.6 is 0 Å². The summed E-state index contributed by atoms with van der Waals surface area (Å²) in [7, 11) is 0. The number of halogens is 2. The number of rotatable bonds is 5. The Balaban J connectivity index is 1.18. The average Bonchev–Trinajstić information content (AvgIpc) is 3.41. The Bertz CT molecular complexity index is 1170. The number of ether oxygens (including phenoxy) is 3. The van der Waals surface area contributed by atoms with Crippen LogP contribution in [0.1, 0.15) is 31.2 Å². The minimum atomic E-state index is -3.76. The standard InChI is InChI=1S/C25H24F2N2O6/c26-25(27)34-20-10-9-16(13-21(20)35-25)28-22(30)14-33-24(32)18-7-3-2-6-17(18)23(31)29-12-11-15-5-1-4-8-19(15)29/h1,4-5,8-10,13,17-18H,2-3,6-7,11-12,14H2,(H,28,30)/t17-,18-/m0/s1. The lowest BCUT2D eigenvalue weighted by Gasteiger charge is -2.32. The fourth-order valence-corrected chi connectivity index (χ4v) is 4.94. The normalized spacial score (nSPS) is 21.8. The van der Waals surface area contributed by atoms with Gasteiger partial charge in [0.2, 0.25) is 5.91 Å². The van der Waals surface area contributed by atoms with Gasteiger partial charge in [-0.05, 0) is 43.0 Å². The predicted octanol–water partition coefficient (Wildman–Crippen LogP) is 3.89. The Morgan fingerprint density at radius 1 is 1.03 bits per heavy atom. The lowest BCUT2D eigenvalue weighted by atomic mass is 9.78. The number of carbonyl (C=O) groups excluding carboxylic acids is 3. The second kappa shape index (κ2) is 9.16. The highest BCUT2D eigenvalue weighted by atomic mass is 19.3. The van der Waals surface area contributed by atoms with Crippen molar-refractivity contribution in [3.63, 3.8) is 0 Å². The molecule has 0 radical (unpaired) electrons. The first-order valence-corrected chi connectivity index (χ1v) is 11.6. The van der Waals surface area contributed by atoms with Crippen LogP contribution < -0.4 is 19.7 Å². The molecule has 0 bridgehead atoms. The van der Waals surface area contributed by atoms with Crippen molar-refractivity contribution in [1.82, 2.24) is 0 Å². The van der Waals surface area contributed by atoms with Crippen LogP contribution in [0.25, 0.3) is 0 Å². The molecule has 2 aliphatic heterocycles. The number of amides is 2. The van der Waals surface area contributed by atoms with Gasteiger partial charge in [-0.2, -0.15) is 0 Å². The van der Waals surface area contributed by atoms with Crippen molar-refractivity contribution in [3.05, 3.63) is 48.0 Å². The van der Waals surface area contributed by atoms with Gasteiger partial charge in [0.1, 0.15) is 0 Å². The Labute approximate surface area is 200 Å². The summed E-state index contributed by atoms with van der Waals surface area (Å²) in [5.41, 5.74) is 2.18. The summed E-state index contributed by atoms with van der Waals surface area (Å²) in [5.74, 6) is -2.79. The van der Waals surface area contributed by atoms with E-state index in [1.807, 2.05) is 24.3 Å². The molecule has 5 rings (SSSR count). The van der Waals surface area contributed by atoms with Gasteiger partial charge in [0.25, 0.3) is 5.91 Å². The van der Waals surface area contributed by atoms with Crippen molar-refractivity contribution >= 4 is 29.2 Å². The molecule has 1 N–H and O–H groups in total. The third-order valence-electron chi connectivity index (χ3n) is 6.57. The minimum absolute atomic E-state index is 0.0850. The number of alkyl halides is 2. The summed E-state index contributed by atoms with van der Waals surface area (Å²) in [6.07, 6.45) is -0.228. The number of esters is 1. The zero-order chi connectivity index (χ0) is 24.6. The molecule has 35 heavy (non-hydrogen) atoms. The summed E-state index contributed by atoms with van der Waals surface area (Å²) >= 11 is 0. The van der Waals surface area contributed by atoms with Crippen LogP contribution in [0, 0.1) is 11.8 Å². The third-order valence-corrected chi connectivity index (χ3v) is 6.57. The van der Waals surface area contributed by atoms with E-state index in [2.05, 4.69) is 14.8 Å². The van der Waals surface area contributed by atoms with Crippen LogP contribution in [-0.4, -0.2) is 37.2 Å². The number of benzene rings is 2. The van der Waals surface area contributed by atoms with Gasteiger partial charge >= 0.3 is 12.3 Å². The molecule has 0 aromatic heterocycles. The van der Waals surface area contributed by atoms with E-state index in [4.69, 9.17) is 4.74 Å². The SMILES string of the molecule is O=C(COC(=O)[C@H]1CCCC[C@@H]1C(=O)N1CCc2ccccc21)Nc1ccc2c(c1)OC(F)(F)O2. The Hall–Kier alpha value is -3.69. The van der Waals surface area contributed by atoms with E-state index in [0.29, 0.717) is 19.4 Å². The van der Waals surface area contributed by atoms with Gasteiger partial charge in [0, 0.05) is 24.0 Å². The molecular formula is C25H24F2N2O6. The topological polar surface area (TPSA) is 94.2 Å². The lowest BCUT2D eigenvalue weighted by Crippen LogP contribution is -2.42. The fraction of sp³-hybridized carbons (Fsp3) is 0.400. The molecular weight excluding hydrogens is 462 g/mol. The second-order valence-corrected chi connectivity index (χ2v) is 8.85. The molecule has 2 heterocycles. The number of anilines is 2. The van der Waals surface area contributed by atoms with Crippen molar-refractivity contribution in [3.8, 4) is 11.5 Å². The highest BCUT2D eigenvalue weighted by molar-refractivity contribution is 5.99. The monoisotopic (exact) mass is 486 g/mol. The minimum Gasteiger partial charge on any atom is -0.455 e. The number of nitrogens with one attached hydrogen (secondary N) is 1. The van der Waals surface area contributed by atoms with Crippen LogP contribution in [0.5, 0.6) is 11.5 Å². The molecule has 2 aromatic rings. The van der Waals surface area contributed by atoms with Crippen LogP contribution in [0.15, 0.2) is 42.5 Å². The highest BCUT2D eigenvalue weighted by Gasteiger charge is 2.43. The van der Waals surface area contributed by atoms with E-state index in [0.717, 1.165) is 30.5 Å². The molecule has 0 unspecified atom stereocenters. The van der Waals surface area contributed by atoms with Crippen molar-refractivity contribution in [2.24, 2.45) is 11.8 Å². The number of fused-ring (bicyclic) bond motifs is 2. The number of hydrogen-bond donors (Lipinski definition) is 1. The summed E-state index contributed by atoms with van der Waals surface area (Å²) in [6, 6.07) is 11.6. The largest absolute Gasteiger partial charge is 0.586 e. The van der Waals surface area contributed by atoms with E-state index in [-0.39, 0.29) is 23.1 Å². The van der Waals surface area contributed by atoms with Crippen molar-refractivity contribution in [2.75, 3.05) is 23.4 Å². The summed E-state index contributed by atoms with van der Waals surface area (Å²) in [4.78, 5) is 40.3. The molecule has 1 aliphatic carbocycles. The summed E-state index contributed by atoms with van der Waals surface area (Å²) < 4.78 is 40.3. The molecule has 2 atom stereocenters. The van der Waals surface area contributed by atoms with Gasteiger partial charge in [-0.1, -0.05) is 31.0 Å². The zero-order valence-corrected chi connectivity index (χ0v) is 18.8. The number of para-hydroxylation sites is 1. The predicted molar refractivity (Wildman–Crippen MR) is 120 cm³/mol. The summed E-state index contributed by atoms with van der Waals surface area (Å²) in [6.45, 7) is 0.0215. The molecule has 2 amide bonds. The van der Waals surface area contributed by atoms with Gasteiger partial charge in [-0.15, -0.1) is 8.78 Å². The zero-order valence-electron chi connectivity index (χ0n) is 18.8. The Kier molecular flexibility index (Phi) is 6.04. The van der Waals surface area contributed by atoms with Crippen LogP contribution in [-0.2, 0) is 25.5 Å². The first-order chi connectivity index (χ1) is 16.8. The van der Waals surface area contributed by atoms with E-state index < -0.39 is 36.6 Å². The maximum absolute atomic E-state index is 13.4. The molecule has 1 saturated carbocycles.